The number of fused-ring (bicyclic) bond motifs is 9. The van der Waals surface area contributed by atoms with Crippen LogP contribution in [-0.4, -0.2) is 16.6 Å². The summed E-state index contributed by atoms with van der Waals surface area (Å²) in [7, 11) is 0. The molecule has 3 aromatic heterocycles. The molecule has 0 saturated carbocycles. The second-order valence-electron chi connectivity index (χ2n) is 15.0. The number of furan rings is 2. The fraction of sp³-hybridized carbons (Fsp3) is 0.0784. The maximum Gasteiger partial charge on any atom is 0.159 e. The van der Waals surface area contributed by atoms with Crippen LogP contribution in [0.1, 0.15) is 30.1 Å². The Hall–Kier alpha value is -7.15. The van der Waals surface area contributed by atoms with Gasteiger partial charge in [0.05, 0.1) is 16.7 Å². The van der Waals surface area contributed by atoms with Crippen LogP contribution in [0.3, 0.4) is 0 Å². The highest BCUT2D eigenvalue weighted by Crippen LogP contribution is 2.45. The van der Waals surface area contributed by atoms with E-state index in [1.54, 1.807) is 0 Å². The van der Waals surface area contributed by atoms with Gasteiger partial charge in [0.15, 0.2) is 5.58 Å². The predicted octanol–water partition coefficient (Wildman–Crippen LogP) is 12.5. The van der Waals surface area contributed by atoms with Crippen molar-refractivity contribution in [1.29, 1.82) is 0 Å². The molecule has 272 valence electrons. The molecule has 0 saturated heterocycles. The summed E-state index contributed by atoms with van der Waals surface area (Å²) in [4.78, 5) is 5.27. The lowest BCUT2D eigenvalue weighted by Gasteiger charge is -2.33. The molecule has 0 amide bonds. The smallest absolute Gasteiger partial charge is 0.159 e. The number of nitrogens with one attached hydrogen (secondary N) is 2. The van der Waals surface area contributed by atoms with Gasteiger partial charge in [0.1, 0.15) is 34.9 Å². The molecule has 0 bridgehead atoms. The largest absolute Gasteiger partial charge is 0.456 e. The van der Waals surface area contributed by atoms with Gasteiger partial charge in [0.2, 0.25) is 0 Å². The molecule has 10 aromatic rings. The third-order valence-electron chi connectivity index (χ3n) is 11.7. The number of amidine groups is 1. The molecule has 12 rings (SSSR count). The highest BCUT2D eigenvalue weighted by atomic mass is 16.3. The first-order chi connectivity index (χ1) is 28.3. The molecule has 57 heavy (non-hydrogen) atoms. The molecule has 2 N–H and O–H groups in total. The van der Waals surface area contributed by atoms with E-state index >= 15 is 0 Å². The van der Waals surface area contributed by atoms with Crippen molar-refractivity contribution in [2.45, 2.75) is 25.2 Å². The summed E-state index contributed by atoms with van der Waals surface area (Å²) in [6.07, 6.45) is 8.42. The van der Waals surface area contributed by atoms with Crippen LogP contribution in [0.15, 0.2) is 189 Å². The van der Waals surface area contributed by atoms with E-state index in [2.05, 4.69) is 179 Å². The number of hydrogen-bond donors (Lipinski definition) is 2. The number of allylic oxidation sites excluding steroid dienone is 2. The lowest BCUT2D eigenvalue weighted by Crippen LogP contribution is -2.52. The molecule has 2 atom stereocenters. The zero-order chi connectivity index (χ0) is 37.5. The maximum atomic E-state index is 7.07. The molecule has 0 spiro atoms. The SMILES string of the molecule is C1=CC(C2NC(c3ccccc3)=NC(c3cccc4c3oc3cccc(-c5cccc6c5oc5c(-n7c8ccccc8c8ccccc87)cccc56)c34)N2)=CCC1. The first-order valence-electron chi connectivity index (χ1n) is 19.7. The fourth-order valence-corrected chi connectivity index (χ4v) is 9.17. The topological polar surface area (TPSA) is 67.6 Å². The van der Waals surface area contributed by atoms with E-state index < -0.39 is 0 Å². The monoisotopic (exact) mass is 736 g/mol. The average Bonchev–Trinajstić information content (AvgIpc) is 3.97. The fourth-order valence-electron chi connectivity index (χ4n) is 9.17. The third-order valence-corrected chi connectivity index (χ3v) is 11.7. The Morgan fingerprint density at radius 1 is 0.561 bits per heavy atom. The van der Waals surface area contributed by atoms with Crippen molar-refractivity contribution < 1.29 is 8.83 Å². The first kappa shape index (κ1) is 32.1. The van der Waals surface area contributed by atoms with Gasteiger partial charge in [0, 0.05) is 49.0 Å². The van der Waals surface area contributed by atoms with E-state index in [-0.39, 0.29) is 12.3 Å². The number of rotatable bonds is 5. The Kier molecular flexibility index (Phi) is 7.16. The lowest BCUT2D eigenvalue weighted by atomic mass is 9.96. The lowest BCUT2D eigenvalue weighted by molar-refractivity contribution is 0.439. The summed E-state index contributed by atoms with van der Waals surface area (Å²) < 4.78 is 16.3. The van der Waals surface area contributed by atoms with Crippen LogP contribution in [-0.2, 0) is 0 Å². The minimum atomic E-state index is -0.339. The summed E-state index contributed by atoms with van der Waals surface area (Å²) >= 11 is 0. The van der Waals surface area contributed by atoms with Crippen LogP contribution in [0.25, 0.3) is 82.5 Å². The summed E-state index contributed by atoms with van der Waals surface area (Å²) in [5.74, 6) is 0.856. The average molecular weight is 737 g/mol. The Bertz CT molecular complexity index is 3270. The molecular formula is C51H36N4O2. The van der Waals surface area contributed by atoms with Crippen LogP contribution in [0.4, 0.5) is 0 Å². The molecule has 2 unspecified atom stereocenters. The molecule has 6 heteroatoms. The standard InChI is InChI=1S/C51H36N4O2/c1-3-15-31(16-4-1)49-52-50(32-17-5-2-6-18-32)54-51(53-49)40-26-12-25-39-45-35(21-14-30-44(45)56-47(39)40)36-22-11-23-37-38-24-13-29-43(48(38)57-46(36)37)55-41-27-9-7-19-33(41)34-20-8-10-28-42(34)55/h1,3-5,7-30,50-51,54H,2,6H2,(H,52,53). The summed E-state index contributed by atoms with van der Waals surface area (Å²) in [6.45, 7) is 0. The molecule has 1 aliphatic carbocycles. The van der Waals surface area contributed by atoms with E-state index in [0.29, 0.717) is 0 Å². The number of nitrogens with zero attached hydrogens (tertiary/aromatic N) is 2. The Morgan fingerprint density at radius 3 is 2.05 bits per heavy atom. The summed E-state index contributed by atoms with van der Waals surface area (Å²) in [6, 6.07) is 53.3. The zero-order valence-electron chi connectivity index (χ0n) is 30.9. The van der Waals surface area contributed by atoms with Crippen molar-refractivity contribution in [3.8, 4) is 16.8 Å². The Labute approximate surface area is 328 Å². The van der Waals surface area contributed by atoms with Gasteiger partial charge < -0.3 is 18.7 Å². The molecule has 0 fully saturated rings. The van der Waals surface area contributed by atoms with Gasteiger partial charge in [-0.25, -0.2) is 4.99 Å². The number of hydrogen-bond acceptors (Lipinski definition) is 5. The predicted molar refractivity (Wildman–Crippen MR) is 233 cm³/mol. The number of aromatic nitrogens is 1. The van der Waals surface area contributed by atoms with Crippen molar-refractivity contribution in [2.24, 2.45) is 4.99 Å². The van der Waals surface area contributed by atoms with E-state index in [1.165, 1.54) is 16.3 Å². The second-order valence-corrected chi connectivity index (χ2v) is 15.0. The summed E-state index contributed by atoms with van der Waals surface area (Å²) in [5.41, 5.74) is 12.0. The van der Waals surface area contributed by atoms with Crippen molar-refractivity contribution >= 4 is 71.5 Å². The van der Waals surface area contributed by atoms with Crippen LogP contribution >= 0.6 is 0 Å². The normalized spacial score (nSPS) is 17.2. The third kappa shape index (κ3) is 4.97. The van der Waals surface area contributed by atoms with Gasteiger partial charge in [-0.05, 0) is 48.2 Å². The molecule has 2 aliphatic rings. The van der Waals surface area contributed by atoms with Gasteiger partial charge in [-0.1, -0.05) is 146 Å². The highest BCUT2D eigenvalue weighted by Gasteiger charge is 2.29. The van der Waals surface area contributed by atoms with E-state index in [9.17, 15) is 0 Å². The number of para-hydroxylation sites is 5. The van der Waals surface area contributed by atoms with E-state index in [0.717, 1.165) is 102 Å². The van der Waals surface area contributed by atoms with Crippen molar-refractivity contribution in [3.05, 3.63) is 187 Å². The maximum absolute atomic E-state index is 7.07. The van der Waals surface area contributed by atoms with Gasteiger partial charge in [0.25, 0.3) is 0 Å². The molecule has 7 aromatic carbocycles. The first-order valence-corrected chi connectivity index (χ1v) is 19.7. The van der Waals surface area contributed by atoms with Crippen LogP contribution in [0.5, 0.6) is 0 Å². The van der Waals surface area contributed by atoms with Gasteiger partial charge >= 0.3 is 0 Å². The van der Waals surface area contributed by atoms with Crippen LogP contribution in [0, 0.1) is 0 Å². The minimum Gasteiger partial charge on any atom is -0.456 e. The number of benzene rings is 7. The van der Waals surface area contributed by atoms with Crippen molar-refractivity contribution in [2.75, 3.05) is 0 Å². The quantitative estimate of drug-likeness (QED) is 0.185. The minimum absolute atomic E-state index is 0.104. The summed E-state index contributed by atoms with van der Waals surface area (Å²) in [5, 5.41) is 14.2. The Morgan fingerprint density at radius 2 is 1.25 bits per heavy atom. The molecule has 0 radical (unpaired) electrons. The second kappa shape index (κ2) is 12.7. The zero-order valence-corrected chi connectivity index (χ0v) is 30.9. The highest BCUT2D eigenvalue weighted by molar-refractivity contribution is 6.19. The van der Waals surface area contributed by atoms with Crippen LogP contribution < -0.4 is 10.6 Å². The molecular weight excluding hydrogens is 701 g/mol. The Balaban J connectivity index is 1.04. The van der Waals surface area contributed by atoms with Crippen molar-refractivity contribution in [3.63, 3.8) is 0 Å². The van der Waals surface area contributed by atoms with E-state index in [4.69, 9.17) is 13.8 Å². The van der Waals surface area contributed by atoms with Crippen molar-refractivity contribution in [1.82, 2.24) is 15.2 Å². The number of aliphatic imine (C=N–C) groups is 1. The van der Waals surface area contributed by atoms with Gasteiger partial charge in [-0.3, -0.25) is 5.32 Å². The molecule has 6 nitrogen and oxygen atoms in total. The van der Waals surface area contributed by atoms with Crippen LogP contribution in [0.2, 0.25) is 0 Å². The van der Waals surface area contributed by atoms with Gasteiger partial charge in [-0.15, -0.1) is 0 Å². The van der Waals surface area contributed by atoms with E-state index in [1.807, 2.05) is 6.07 Å². The van der Waals surface area contributed by atoms with Gasteiger partial charge in [-0.2, -0.15) is 0 Å². The molecule has 1 aliphatic heterocycles. The molecule has 4 heterocycles.